The van der Waals surface area contributed by atoms with Crippen LogP contribution in [0.25, 0.3) is 0 Å². The highest BCUT2D eigenvalue weighted by atomic mass is 16.3. The fourth-order valence-electron chi connectivity index (χ4n) is 1.16. The summed E-state index contributed by atoms with van der Waals surface area (Å²) in [5.41, 5.74) is 0.893. The summed E-state index contributed by atoms with van der Waals surface area (Å²) in [6.07, 6.45) is 3.91. The zero-order valence-corrected chi connectivity index (χ0v) is 8.44. The van der Waals surface area contributed by atoms with Gasteiger partial charge in [-0.2, -0.15) is 5.10 Å². The Bertz CT molecular complexity index is 257. The topological polar surface area (TPSA) is 41.3 Å². The lowest BCUT2D eigenvalue weighted by molar-refractivity contribution is 0.154. The van der Waals surface area contributed by atoms with E-state index in [1.165, 1.54) is 0 Å². The molecule has 1 atom stereocenters. The molecule has 1 aromatic heterocycles. The average molecular weight is 183 g/mol. The van der Waals surface area contributed by atoms with Gasteiger partial charge in [0.25, 0.3) is 0 Å². The molecule has 0 radical (unpaired) electrons. The Morgan fingerprint density at radius 2 is 2.31 bits per heavy atom. The molecule has 13 heavy (non-hydrogen) atoms. The Kier molecular flexibility index (Phi) is 3.45. The van der Waals surface area contributed by atoms with Crippen molar-refractivity contribution in [2.75, 3.05) is 20.6 Å². The first-order valence-electron chi connectivity index (χ1n) is 4.41. The highest BCUT2D eigenvalue weighted by molar-refractivity contribution is 5.07. The van der Waals surface area contributed by atoms with Crippen molar-refractivity contribution in [3.8, 4) is 0 Å². The number of aromatic nitrogens is 2. The second-order valence-corrected chi connectivity index (χ2v) is 3.56. The minimum Gasteiger partial charge on any atom is -0.388 e. The summed E-state index contributed by atoms with van der Waals surface area (Å²) in [5.74, 6) is 0. The van der Waals surface area contributed by atoms with Crippen LogP contribution in [0.3, 0.4) is 0 Å². The monoisotopic (exact) mass is 183 g/mol. The molecule has 0 saturated carbocycles. The summed E-state index contributed by atoms with van der Waals surface area (Å²) in [6, 6.07) is 0. The fraction of sp³-hybridized carbons (Fsp3) is 0.667. The van der Waals surface area contributed by atoms with Crippen molar-refractivity contribution < 1.29 is 5.11 Å². The van der Waals surface area contributed by atoms with Crippen molar-refractivity contribution in [1.29, 1.82) is 0 Å². The van der Waals surface area contributed by atoms with Crippen LogP contribution in [0, 0.1) is 0 Å². The molecule has 1 aromatic rings. The van der Waals surface area contributed by atoms with E-state index in [1.54, 1.807) is 10.9 Å². The van der Waals surface area contributed by atoms with Gasteiger partial charge in [0, 0.05) is 25.4 Å². The van der Waals surface area contributed by atoms with Gasteiger partial charge in [-0.15, -0.1) is 0 Å². The zero-order valence-electron chi connectivity index (χ0n) is 8.44. The largest absolute Gasteiger partial charge is 0.388 e. The van der Waals surface area contributed by atoms with E-state index in [-0.39, 0.29) is 0 Å². The van der Waals surface area contributed by atoms with Gasteiger partial charge in [-0.3, -0.25) is 4.68 Å². The van der Waals surface area contributed by atoms with Gasteiger partial charge < -0.3 is 10.0 Å². The smallest absolute Gasteiger partial charge is 0.0832 e. The van der Waals surface area contributed by atoms with E-state index >= 15 is 0 Å². The first-order valence-corrected chi connectivity index (χ1v) is 4.41. The molecule has 0 amide bonds. The van der Waals surface area contributed by atoms with Crippen LogP contribution >= 0.6 is 0 Å². The van der Waals surface area contributed by atoms with E-state index in [9.17, 15) is 5.11 Å². The number of rotatable bonds is 4. The molecule has 0 aliphatic carbocycles. The first kappa shape index (κ1) is 10.2. The van der Waals surface area contributed by atoms with E-state index < -0.39 is 6.10 Å². The van der Waals surface area contributed by atoms with Crippen LogP contribution < -0.4 is 0 Å². The molecule has 0 saturated heterocycles. The number of hydrogen-bond donors (Lipinski definition) is 1. The summed E-state index contributed by atoms with van der Waals surface area (Å²) in [5, 5.41) is 13.7. The van der Waals surface area contributed by atoms with Gasteiger partial charge >= 0.3 is 0 Å². The Balaban J connectivity index is 2.44. The summed E-state index contributed by atoms with van der Waals surface area (Å²) < 4.78 is 1.70. The normalized spacial score (nSPS) is 13.6. The number of aryl methyl sites for hydroxylation is 1. The summed E-state index contributed by atoms with van der Waals surface area (Å²) in [4.78, 5) is 2.06. The van der Waals surface area contributed by atoms with E-state index in [1.807, 2.05) is 27.3 Å². The Labute approximate surface area is 78.8 Å². The molecule has 1 heterocycles. The molecule has 1 rings (SSSR count). The molecule has 0 aliphatic heterocycles. The summed E-state index contributed by atoms with van der Waals surface area (Å²) >= 11 is 0. The van der Waals surface area contributed by atoms with Gasteiger partial charge in [0.1, 0.15) is 0 Å². The van der Waals surface area contributed by atoms with E-state index in [0.29, 0.717) is 0 Å². The van der Waals surface area contributed by atoms with Crippen molar-refractivity contribution in [1.82, 2.24) is 14.7 Å². The number of hydrogen-bond acceptors (Lipinski definition) is 3. The molecule has 0 aliphatic rings. The zero-order chi connectivity index (χ0) is 9.84. The predicted molar refractivity (Wildman–Crippen MR) is 51.3 cm³/mol. The van der Waals surface area contributed by atoms with Crippen LogP contribution in [0.4, 0.5) is 0 Å². The van der Waals surface area contributed by atoms with Gasteiger partial charge in [0.05, 0.1) is 12.3 Å². The van der Waals surface area contributed by atoms with Crippen molar-refractivity contribution in [3.63, 3.8) is 0 Å². The molecular weight excluding hydrogens is 166 g/mol. The third kappa shape index (κ3) is 3.16. The molecule has 4 nitrogen and oxygen atoms in total. The standard InChI is InChI=1S/C9H17N3O/c1-11(2)5-4-9(13)8-6-10-12(3)7-8/h6-7,9,13H,4-5H2,1-3H3. The molecule has 0 spiro atoms. The first-order chi connectivity index (χ1) is 6.09. The van der Waals surface area contributed by atoms with Gasteiger partial charge in [-0.25, -0.2) is 0 Å². The second kappa shape index (κ2) is 4.39. The molecule has 74 valence electrons. The lowest BCUT2D eigenvalue weighted by Crippen LogP contribution is -2.15. The van der Waals surface area contributed by atoms with Crippen LogP contribution in [0.2, 0.25) is 0 Å². The molecule has 1 unspecified atom stereocenters. The Morgan fingerprint density at radius 1 is 1.62 bits per heavy atom. The van der Waals surface area contributed by atoms with Crippen LogP contribution in [0.1, 0.15) is 18.1 Å². The fourth-order valence-corrected chi connectivity index (χ4v) is 1.16. The van der Waals surface area contributed by atoms with Crippen LogP contribution in [0.15, 0.2) is 12.4 Å². The van der Waals surface area contributed by atoms with Crippen LogP contribution in [0.5, 0.6) is 0 Å². The molecule has 4 heteroatoms. The summed E-state index contributed by atoms with van der Waals surface area (Å²) in [6.45, 7) is 0.885. The SMILES string of the molecule is CN(C)CCC(O)c1cnn(C)c1. The molecule has 1 N–H and O–H groups in total. The lowest BCUT2D eigenvalue weighted by atomic mass is 10.1. The van der Waals surface area contributed by atoms with Gasteiger partial charge in [-0.05, 0) is 20.5 Å². The lowest BCUT2D eigenvalue weighted by Gasteiger charge is -2.12. The quantitative estimate of drug-likeness (QED) is 0.735. The van der Waals surface area contributed by atoms with Crippen molar-refractivity contribution in [2.24, 2.45) is 7.05 Å². The molecule has 0 fully saturated rings. The number of aliphatic hydroxyl groups is 1. The maximum absolute atomic E-state index is 9.70. The van der Waals surface area contributed by atoms with Gasteiger partial charge in [0.2, 0.25) is 0 Å². The Hall–Kier alpha value is -0.870. The van der Waals surface area contributed by atoms with Gasteiger partial charge in [-0.1, -0.05) is 0 Å². The maximum Gasteiger partial charge on any atom is 0.0832 e. The number of nitrogens with zero attached hydrogens (tertiary/aromatic N) is 3. The molecule has 0 aromatic carbocycles. The minimum absolute atomic E-state index is 0.393. The van der Waals surface area contributed by atoms with Gasteiger partial charge in [0.15, 0.2) is 0 Å². The number of aliphatic hydroxyl groups excluding tert-OH is 1. The van der Waals surface area contributed by atoms with E-state index in [2.05, 4.69) is 10.00 Å². The van der Waals surface area contributed by atoms with Crippen LogP contribution in [-0.4, -0.2) is 40.4 Å². The molecular formula is C9H17N3O. The van der Waals surface area contributed by atoms with Crippen molar-refractivity contribution in [3.05, 3.63) is 18.0 Å². The van der Waals surface area contributed by atoms with Crippen molar-refractivity contribution >= 4 is 0 Å². The third-order valence-electron chi connectivity index (χ3n) is 1.96. The van der Waals surface area contributed by atoms with E-state index in [4.69, 9.17) is 0 Å². The Morgan fingerprint density at radius 3 is 2.77 bits per heavy atom. The average Bonchev–Trinajstić information content (AvgIpc) is 2.47. The minimum atomic E-state index is -0.393. The maximum atomic E-state index is 9.70. The highest BCUT2D eigenvalue weighted by Crippen LogP contribution is 2.14. The highest BCUT2D eigenvalue weighted by Gasteiger charge is 2.09. The van der Waals surface area contributed by atoms with Crippen molar-refractivity contribution in [2.45, 2.75) is 12.5 Å². The second-order valence-electron chi connectivity index (χ2n) is 3.56. The van der Waals surface area contributed by atoms with E-state index in [0.717, 1.165) is 18.5 Å². The predicted octanol–water partition coefficient (Wildman–Crippen LogP) is 0.405. The molecule has 0 bridgehead atoms. The van der Waals surface area contributed by atoms with Crippen LogP contribution in [-0.2, 0) is 7.05 Å². The summed E-state index contributed by atoms with van der Waals surface area (Å²) in [7, 11) is 5.84. The third-order valence-corrected chi connectivity index (χ3v) is 1.96.